The molecule has 36 heavy (non-hydrogen) atoms. The van der Waals surface area contributed by atoms with Crippen molar-refractivity contribution in [1.82, 2.24) is 14.7 Å². The number of carbonyl (C=O) groups is 2. The number of hydrogen-bond acceptors (Lipinski definition) is 4. The smallest absolute Gasteiger partial charge is 0.254 e. The summed E-state index contributed by atoms with van der Waals surface area (Å²) in [5.74, 6) is -0.587. The van der Waals surface area contributed by atoms with Crippen LogP contribution < -0.4 is 11.1 Å². The van der Waals surface area contributed by atoms with E-state index >= 15 is 0 Å². The average Bonchev–Trinajstić information content (AvgIpc) is 3.66. The summed E-state index contributed by atoms with van der Waals surface area (Å²) < 4.78 is 1.71. The number of carbonyl (C=O) groups excluding carboxylic acids is 2. The van der Waals surface area contributed by atoms with Gasteiger partial charge in [-0.15, -0.1) is 0 Å². The molecule has 0 radical (unpaired) electrons. The fourth-order valence-electron chi connectivity index (χ4n) is 4.93. The number of amides is 2. The van der Waals surface area contributed by atoms with Crippen LogP contribution in [0, 0.1) is 12.5 Å². The first-order valence-corrected chi connectivity index (χ1v) is 12.4. The summed E-state index contributed by atoms with van der Waals surface area (Å²) in [6.07, 6.45) is 4.73. The molecule has 1 aliphatic heterocycles. The number of nitrogens with zero attached hydrogens (tertiary/aromatic N) is 4. The standard InChI is InChI=1S/C28H30N6O2/c1-30-19-28(34-18-24(25(29)35)26(32-34)31-27(36)22-10-11-22)12-14-33(15-13-28)17-20-6-5-9-23(16-20)21-7-3-2-4-8-21/h2-9,16,18,22H,10-15,17,19H2,(H2,29,35)(H,31,32,36). The molecular weight excluding hydrogens is 452 g/mol. The fourth-order valence-corrected chi connectivity index (χ4v) is 4.93. The molecule has 8 nitrogen and oxygen atoms in total. The van der Waals surface area contributed by atoms with E-state index in [0.29, 0.717) is 12.8 Å². The maximum absolute atomic E-state index is 12.3. The van der Waals surface area contributed by atoms with Gasteiger partial charge in [0, 0.05) is 31.7 Å². The van der Waals surface area contributed by atoms with Crippen LogP contribution in [0.4, 0.5) is 5.82 Å². The zero-order valence-electron chi connectivity index (χ0n) is 20.2. The second kappa shape index (κ2) is 9.96. The van der Waals surface area contributed by atoms with Crippen molar-refractivity contribution in [3.63, 3.8) is 0 Å². The maximum atomic E-state index is 12.3. The molecular formula is C28H30N6O2. The number of piperidine rings is 1. The summed E-state index contributed by atoms with van der Waals surface area (Å²) in [6.45, 7) is 10.2. The third-order valence-corrected chi connectivity index (χ3v) is 7.26. The molecule has 3 aromatic rings. The van der Waals surface area contributed by atoms with Crippen molar-refractivity contribution in [3.8, 4) is 11.1 Å². The zero-order chi connectivity index (χ0) is 25.1. The molecule has 1 aromatic heterocycles. The van der Waals surface area contributed by atoms with Gasteiger partial charge >= 0.3 is 0 Å². The third kappa shape index (κ3) is 5.02. The topological polar surface area (TPSA) is 97.6 Å². The lowest BCUT2D eigenvalue weighted by Crippen LogP contribution is -2.48. The Balaban J connectivity index is 1.31. The van der Waals surface area contributed by atoms with E-state index in [2.05, 4.69) is 56.6 Å². The molecule has 2 aromatic carbocycles. The first-order valence-electron chi connectivity index (χ1n) is 12.4. The zero-order valence-corrected chi connectivity index (χ0v) is 20.2. The summed E-state index contributed by atoms with van der Waals surface area (Å²) in [6, 6.07) is 18.9. The number of hydrogen-bond donors (Lipinski definition) is 2. The number of nitrogens with one attached hydrogen (secondary N) is 1. The van der Waals surface area contributed by atoms with Crippen molar-refractivity contribution in [2.24, 2.45) is 11.7 Å². The second-order valence-corrected chi connectivity index (χ2v) is 9.85. The van der Waals surface area contributed by atoms with Crippen LogP contribution in [0.3, 0.4) is 0 Å². The first kappa shape index (κ1) is 23.8. The van der Waals surface area contributed by atoms with Crippen molar-refractivity contribution in [2.45, 2.75) is 37.8 Å². The lowest BCUT2D eigenvalue weighted by molar-refractivity contribution is -0.117. The van der Waals surface area contributed by atoms with E-state index in [9.17, 15) is 9.59 Å². The largest absolute Gasteiger partial charge is 0.365 e. The van der Waals surface area contributed by atoms with Crippen molar-refractivity contribution in [3.05, 3.63) is 83.3 Å². The highest BCUT2D eigenvalue weighted by Crippen LogP contribution is 2.34. The Morgan fingerprint density at radius 2 is 1.81 bits per heavy atom. The average molecular weight is 483 g/mol. The molecule has 3 N–H and O–H groups in total. The lowest BCUT2D eigenvalue weighted by Gasteiger charge is -2.38. The molecule has 2 amide bonds. The van der Waals surface area contributed by atoms with E-state index in [1.165, 1.54) is 16.7 Å². The predicted molar refractivity (Wildman–Crippen MR) is 138 cm³/mol. The predicted octanol–water partition coefficient (Wildman–Crippen LogP) is 3.91. The Labute approximate surface area is 210 Å². The first-order chi connectivity index (χ1) is 17.5. The number of primary amides is 1. The molecule has 5 rings (SSSR count). The number of benzene rings is 2. The normalized spacial score (nSPS) is 17.3. The number of likely N-dealkylation sites (tertiary alicyclic amines) is 1. The van der Waals surface area contributed by atoms with E-state index in [0.717, 1.165) is 32.5 Å². The van der Waals surface area contributed by atoms with Gasteiger partial charge in [0.2, 0.25) is 12.5 Å². The van der Waals surface area contributed by atoms with Crippen LogP contribution >= 0.6 is 0 Å². The van der Waals surface area contributed by atoms with Gasteiger partial charge in [-0.3, -0.25) is 19.2 Å². The third-order valence-electron chi connectivity index (χ3n) is 7.26. The molecule has 0 bridgehead atoms. The molecule has 8 heteroatoms. The van der Waals surface area contributed by atoms with Gasteiger partial charge in [-0.05, 0) is 48.4 Å². The van der Waals surface area contributed by atoms with E-state index < -0.39 is 11.4 Å². The van der Waals surface area contributed by atoms with Crippen LogP contribution in [0.15, 0.2) is 60.8 Å². The fraction of sp³-hybridized carbons (Fsp3) is 0.357. The van der Waals surface area contributed by atoms with Crippen LogP contribution in [-0.2, 0) is 16.9 Å². The van der Waals surface area contributed by atoms with Crippen LogP contribution in [-0.4, -0.2) is 46.1 Å². The number of rotatable bonds is 8. The van der Waals surface area contributed by atoms with Gasteiger partial charge in [-0.2, -0.15) is 5.10 Å². The minimum Gasteiger partial charge on any atom is -0.365 e. The molecule has 1 saturated carbocycles. The molecule has 1 saturated heterocycles. The lowest BCUT2D eigenvalue weighted by atomic mass is 9.87. The molecule has 1 aliphatic carbocycles. The van der Waals surface area contributed by atoms with Gasteiger partial charge in [-0.25, -0.2) is 6.57 Å². The van der Waals surface area contributed by atoms with Gasteiger partial charge < -0.3 is 15.9 Å². The van der Waals surface area contributed by atoms with Crippen molar-refractivity contribution >= 4 is 17.6 Å². The van der Waals surface area contributed by atoms with Crippen LogP contribution in [0.1, 0.15) is 41.6 Å². The molecule has 0 atom stereocenters. The van der Waals surface area contributed by atoms with Gasteiger partial charge in [-0.1, -0.05) is 48.5 Å². The minimum atomic E-state index is -0.638. The highest BCUT2D eigenvalue weighted by molar-refractivity contribution is 6.02. The van der Waals surface area contributed by atoms with E-state index in [-0.39, 0.29) is 29.8 Å². The van der Waals surface area contributed by atoms with Crippen molar-refractivity contribution < 1.29 is 9.59 Å². The summed E-state index contributed by atoms with van der Waals surface area (Å²) in [7, 11) is 0. The van der Waals surface area contributed by atoms with Crippen LogP contribution in [0.2, 0.25) is 0 Å². The molecule has 2 fully saturated rings. The number of anilines is 1. The van der Waals surface area contributed by atoms with Gasteiger partial charge in [0.25, 0.3) is 5.91 Å². The summed E-state index contributed by atoms with van der Waals surface area (Å²) in [5.41, 5.74) is 8.88. The van der Waals surface area contributed by atoms with Crippen LogP contribution in [0.25, 0.3) is 16.0 Å². The minimum absolute atomic E-state index is 0.0169. The van der Waals surface area contributed by atoms with E-state index in [1.54, 1.807) is 10.9 Å². The van der Waals surface area contributed by atoms with Crippen molar-refractivity contribution in [2.75, 3.05) is 25.0 Å². The quantitative estimate of drug-likeness (QED) is 0.476. The maximum Gasteiger partial charge on any atom is 0.254 e. The highest BCUT2D eigenvalue weighted by atomic mass is 16.2. The monoisotopic (exact) mass is 482 g/mol. The molecule has 184 valence electrons. The van der Waals surface area contributed by atoms with Gasteiger partial charge in [0.05, 0.1) is 0 Å². The SMILES string of the molecule is [C-]#[N+]CC1(n2cc(C(N)=O)c(NC(=O)C3CC3)n2)CCN(Cc2cccc(-c3ccccc3)c2)CC1. The molecule has 0 unspecified atom stereocenters. The Hall–Kier alpha value is -3.96. The summed E-state index contributed by atoms with van der Waals surface area (Å²) in [5, 5.41) is 7.35. The van der Waals surface area contributed by atoms with Crippen molar-refractivity contribution in [1.29, 1.82) is 0 Å². The van der Waals surface area contributed by atoms with Gasteiger partial charge in [0.1, 0.15) is 11.1 Å². The molecule has 2 aliphatic rings. The van der Waals surface area contributed by atoms with Crippen LogP contribution in [0.5, 0.6) is 0 Å². The molecule has 0 spiro atoms. The number of nitrogens with two attached hydrogens (primary N) is 1. The van der Waals surface area contributed by atoms with E-state index in [4.69, 9.17) is 12.3 Å². The Morgan fingerprint density at radius 1 is 1.08 bits per heavy atom. The Morgan fingerprint density at radius 3 is 2.47 bits per heavy atom. The second-order valence-electron chi connectivity index (χ2n) is 9.85. The number of aromatic nitrogens is 2. The molecule has 2 heterocycles. The van der Waals surface area contributed by atoms with E-state index in [1.807, 2.05) is 18.2 Å². The van der Waals surface area contributed by atoms with Gasteiger partial charge in [0.15, 0.2) is 5.82 Å². The summed E-state index contributed by atoms with van der Waals surface area (Å²) >= 11 is 0. The highest BCUT2D eigenvalue weighted by Gasteiger charge is 2.41. The Kier molecular flexibility index (Phi) is 6.57. The summed E-state index contributed by atoms with van der Waals surface area (Å²) in [4.78, 5) is 30.5. The Bertz CT molecular complexity index is 1300.